The second-order valence-corrected chi connectivity index (χ2v) is 7.45. The summed E-state index contributed by atoms with van der Waals surface area (Å²) in [5.41, 5.74) is 0.582. The molecule has 0 radical (unpaired) electrons. The van der Waals surface area contributed by atoms with E-state index in [1.165, 1.54) is 0 Å². The highest BCUT2D eigenvalue weighted by Crippen LogP contribution is 2.39. The van der Waals surface area contributed by atoms with E-state index in [0.29, 0.717) is 10.5 Å². The molecule has 3 nitrogen and oxygen atoms in total. The van der Waals surface area contributed by atoms with Gasteiger partial charge in [0.25, 0.3) is 0 Å². The molecule has 1 N–H and O–H groups in total. The first-order valence-electron chi connectivity index (χ1n) is 6.78. The van der Waals surface area contributed by atoms with Gasteiger partial charge in [0, 0.05) is 9.50 Å². The van der Waals surface area contributed by atoms with Crippen molar-refractivity contribution in [2.24, 2.45) is 0 Å². The van der Waals surface area contributed by atoms with Crippen LogP contribution in [0.3, 0.4) is 0 Å². The predicted octanol–water partition coefficient (Wildman–Crippen LogP) is 4.11. The van der Waals surface area contributed by atoms with Crippen molar-refractivity contribution >= 4 is 40.7 Å². The van der Waals surface area contributed by atoms with E-state index in [1.807, 2.05) is 45.9 Å². The second-order valence-electron chi connectivity index (χ2n) is 6.13. The Balaban J connectivity index is 2.33. The fourth-order valence-electron chi connectivity index (χ4n) is 2.01. The van der Waals surface area contributed by atoms with Gasteiger partial charge in [0.2, 0.25) is 0 Å². The van der Waals surface area contributed by atoms with E-state index in [0.717, 1.165) is 10.0 Å². The monoisotopic (exact) mass is 372 g/mol. The van der Waals surface area contributed by atoms with Crippen LogP contribution in [-0.2, 0) is 9.31 Å². The van der Waals surface area contributed by atoms with E-state index in [-0.39, 0.29) is 6.61 Å². The molecule has 114 valence electrons. The minimum atomic E-state index is -0.574. The maximum Gasteiger partial charge on any atom is 0.492 e. The smallest absolute Gasteiger partial charge is 0.400 e. The molecule has 2 rings (SSSR count). The van der Waals surface area contributed by atoms with Gasteiger partial charge in [-0.25, -0.2) is 0 Å². The number of benzene rings is 1. The van der Waals surface area contributed by atoms with Crippen molar-refractivity contribution in [3.63, 3.8) is 0 Å². The molecule has 1 heterocycles. The lowest BCUT2D eigenvalue weighted by Gasteiger charge is -2.32. The third-order valence-electron chi connectivity index (χ3n) is 4.04. The van der Waals surface area contributed by atoms with Crippen molar-refractivity contribution in [2.75, 3.05) is 6.61 Å². The standard InChI is InChI=1S/C15H19BBrClO3/c1-14(2)15(3,4)21-16(20-14)11(9-19)7-10-8-12(17)5-6-13(10)18/h5-8,19H,9H2,1-4H3. The Kier molecular flexibility index (Phi) is 4.91. The van der Waals surface area contributed by atoms with Crippen LogP contribution in [0.4, 0.5) is 0 Å². The summed E-state index contributed by atoms with van der Waals surface area (Å²) in [6, 6.07) is 5.56. The third kappa shape index (κ3) is 3.54. The zero-order chi connectivity index (χ0) is 15.8. The van der Waals surface area contributed by atoms with Crippen LogP contribution in [0.25, 0.3) is 6.08 Å². The van der Waals surface area contributed by atoms with Crippen molar-refractivity contribution in [1.29, 1.82) is 0 Å². The molecular weight excluding hydrogens is 354 g/mol. The first-order valence-corrected chi connectivity index (χ1v) is 7.95. The van der Waals surface area contributed by atoms with Crippen LogP contribution in [0.1, 0.15) is 33.3 Å². The minimum Gasteiger partial charge on any atom is -0.400 e. The minimum absolute atomic E-state index is 0.153. The number of aliphatic hydroxyl groups is 1. The van der Waals surface area contributed by atoms with Crippen LogP contribution < -0.4 is 0 Å². The quantitative estimate of drug-likeness (QED) is 0.811. The zero-order valence-corrected chi connectivity index (χ0v) is 15.0. The molecule has 1 aromatic carbocycles. The van der Waals surface area contributed by atoms with Crippen molar-refractivity contribution in [3.05, 3.63) is 38.7 Å². The average Bonchev–Trinajstić information content (AvgIpc) is 2.59. The summed E-state index contributed by atoms with van der Waals surface area (Å²) in [6.07, 6.45) is 1.81. The lowest BCUT2D eigenvalue weighted by Crippen LogP contribution is -2.41. The first-order chi connectivity index (χ1) is 9.66. The molecule has 1 aromatic rings. The number of aliphatic hydroxyl groups excluding tert-OH is 1. The van der Waals surface area contributed by atoms with Crippen LogP contribution in [0.5, 0.6) is 0 Å². The molecule has 0 unspecified atom stereocenters. The molecule has 0 spiro atoms. The van der Waals surface area contributed by atoms with Gasteiger partial charge in [-0.1, -0.05) is 33.6 Å². The highest BCUT2D eigenvalue weighted by Gasteiger charge is 2.52. The Labute approximate surface area is 139 Å². The average molecular weight is 373 g/mol. The Morgan fingerprint density at radius 2 is 1.86 bits per heavy atom. The second kappa shape index (κ2) is 6.05. The Bertz CT molecular complexity index is 556. The molecule has 21 heavy (non-hydrogen) atoms. The van der Waals surface area contributed by atoms with E-state index in [2.05, 4.69) is 15.9 Å². The van der Waals surface area contributed by atoms with E-state index in [4.69, 9.17) is 20.9 Å². The van der Waals surface area contributed by atoms with Crippen LogP contribution in [0.15, 0.2) is 28.1 Å². The van der Waals surface area contributed by atoms with Gasteiger partial charge < -0.3 is 14.4 Å². The number of halogens is 2. The summed E-state index contributed by atoms with van der Waals surface area (Å²) < 4.78 is 12.8. The van der Waals surface area contributed by atoms with Crippen LogP contribution in [0, 0.1) is 0 Å². The molecular formula is C15H19BBrClO3. The topological polar surface area (TPSA) is 38.7 Å². The Morgan fingerprint density at radius 1 is 1.29 bits per heavy atom. The predicted molar refractivity (Wildman–Crippen MR) is 90.3 cm³/mol. The van der Waals surface area contributed by atoms with E-state index in [9.17, 15) is 5.11 Å². The molecule has 0 aromatic heterocycles. The van der Waals surface area contributed by atoms with Crippen molar-refractivity contribution in [2.45, 2.75) is 38.9 Å². The summed E-state index contributed by atoms with van der Waals surface area (Å²) in [5.74, 6) is 0. The van der Waals surface area contributed by atoms with Crippen LogP contribution in [0.2, 0.25) is 5.02 Å². The number of hydrogen-bond donors (Lipinski definition) is 1. The van der Waals surface area contributed by atoms with Gasteiger partial charge in [0.1, 0.15) is 0 Å². The fourth-order valence-corrected chi connectivity index (χ4v) is 2.56. The number of rotatable bonds is 3. The van der Waals surface area contributed by atoms with E-state index < -0.39 is 18.3 Å². The lowest BCUT2D eigenvalue weighted by molar-refractivity contribution is 0.00578. The summed E-state index contributed by atoms with van der Waals surface area (Å²) in [4.78, 5) is 0. The van der Waals surface area contributed by atoms with E-state index >= 15 is 0 Å². The number of hydrogen-bond acceptors (Lipinski definition) is 3. The van der Waals surface area contributed by atoms with Crippen LogP contribution in [-0.4, -0.2) is 30.0 Å². The van der Waals surface area contributed by atoms with Gasteiger partial charge in [-0.15, -0.1) is 0 Å². The highest BCUT2D eigenvalue weighted by atomic mass is 79.9. The molecule has 0 aliphatic carbocycles. The van der Waals surface area contributed by atoms with Gasteiger partial charge >= 0.3 is 7.12 Å². The molecule has 0 amide bonds. The van der Waals surface area contributed by atoms with Gasteiger partial charge in [-0.3, -0.25) is 0 Å². The van der Waals surface area contributed by atoms with Crippen molar-refractivity contribution < 1.29 is 14.4 Å². The molecule has 0 bridgehead atoms. The molecule has 1 aliphatic rings. The highest BCUT2D eigenvalue weighted by molar-refractivity contribution is 9.10. The Hall–Kier alpha value is -0.325. The largest absolute Gasteiger partial charge is 0.492 e. The maximum absolute atomic E-state index is 9.67. The first kappa shape index (κ1) is 17.0. The SMILES string of the molecule is CC1(C)OB(C(=Cc2cc(Br)ccc2Cl)CO)OC1(C)C. The summed E-state index contributed by atoms with van der Waals surface area (Å²) >= 11 is 9.60. The molecule has 0 atom stereocenters. The summed E-state index contributed by atoms with van der Waals surface area (Å²) in [7, 11) is -0.574. The van der Waals surface area contributed by atoms with Gasteiger partial charge in [0.05, 0.1) is 17.8 Å². The maximum atomic E-state index is 9.67. The van der Waals surface area contributed by atoms with Crippen LogP contribution >= 0.6 is 27.5 Å². The fraction of sp³-hybridized carbons (Fsp3) is 0.467. The summed E-state index contributed by atoms with van der Waals surface area (Å²) in [5, 5.41) is 10.3. The normalized spacial score (nSPS) is 20.9. The van der Waals surface area contributed by atoms with Gasteiger partial charge in [-0.2, -0.15) is 0 Å². The van der Waals surface area contributed by atoms with Gasteiger partial charge in [0.15, 0.2) is 0 Å². The molecule has 0 saturated carbocycles. The summed E-state index contributed by atoms with van der Waals surface area (Å²) in [6.45, 7) is 7.77. The lowest BCUT2D eigenvalue weighted by atomic mass is 9.77. The zero-order valence-electron chi connectivity index (χ0n) is 12.6. The Morgan fingerprint density at radius 3 is 2.38 bits per heavy atom. The molecule has 6 heteroatoms. The molecule has 1 aliphatic heterocycles. The molecule has 1 saturated heterocycles. The third-order valence-corrected chi connectivity index (χ3v) is 4.87. The van der Waals surface area contributed by atoms with Crippen molar-refractivity contribution in [1.82, 2.24) is 0 Å². The molecule has 1 fully saturated rings. The van der Waals surface area contributed by atoms with Crippen molar-refractivity contribution in [3.8, 4) is 0 Å². The van der Waals surface area contributed by atoms with E-state index in [1.54, 1.807) is 6.07 Å². The van der Waals surface area contributed by atoms with Gasteiger partial charge in [-0.05, 0) is 56.9 Å².